The second-order valence-corrected chi connectivity index (χ2v) is 6.22. The summed E-state index contributed by atoms with van der Waals surface area (Å²) >= 11 is 11.7. The summed E-state index contributed by atoms with van der Waals surface area (Å²) in [6, 6.07) is 4.40. The lowest BCUT2D eigenvalue weighted by Crippen LogP contribution is -2.46. The van der Waals surface area contributed by atoms with Gasteiger partial charge in [-0.3, -0.25) is 14.4 Å². The Morgan fingerprint density at radius 3 is 2.60 bits per heavy atom. The first kappa shape index (κ1) is 19.5. The molecule has 1 aliphatic heterocycles. The summed E-state index contributed by atoms with van der Waals surface area (Å²) in [4.78, 5) is 37.6. The highest BCUT2D eigenvalue weighted by molar-refractivity contribution is 6.36. The van der Waals surface area contributed by atoms with E-state index in [1.807, 2.05) is 0 Å². The van der Waals surface area contributed by atoms with Crippen LogP contribution in [0, 0.1) is 0 Å². The summed E-state index contributed by atoms with van der Waals surface area (Å²) in [5.74, 6) is -1.54. The molecule has 25 heavy (non-hydrogen) atoms. The number of halogens is 2. The fourth-order valence-corrected chi connectivity index (χ4v) is 2.75. The van der Waals surface area contributed by atoms with E-state index >= 15 is 0 Å². The molecular formula is C16H18Cl2N2O5. The Labute approximate surface area is 155 Å². The van der Waals surface area contributed by atoms with Crippen LogP contribution in [0.15, 0.2) is 18.2 Å². The summed E-state index contributed by atoms with van der Waals surface area (Å²) in [5, 5.41) is 2.97. The molecular weight excluding hydrogens is 371 g/mol. The third kappa shape index (κ3) is 5.59. The van der Waals surface area contributed by atoms with Gasteiger partial charge in [-0.2, -0.15) is 0 Å². The predicted molar refractivity (Wildman–Crippen MR) is 91.7 cm³/mol. The van der Waals surface area contributed by atoms with Gasteiger partial charge in [0, 0.05) is 18.1 Å². The van der Waals surface area contributed by atoms with E-state index in [2.05, 4.69) is 5.32 Å². The van der Waals surface area contributed by atoms with Crippen molar-refractivity contribution >= 4 is 41.0 Å². The number of morpholine rings is 1. The fourth-order valence-electron chi connectivity index (χ4n) is 2.25. The summed E-state index contributed by atoms with van der Waals surface area (Å²) < 4.78 is 10.2. The highest BCUT2D eigenvalue weighted by Gasteiger charge is 2.25. The van der Waals surface area contributed by atoms with Crippen LogP contribution in [0.25, 0.3) is 0 Å². The van der Waals surface area contributed by atoms with Gasteiger partial charge < -0.3 is 19.7 Å². The number of benzene rings is 1. The van der Waals surface area contributed by atoms with Crippen molar-refractivity contribution in [2.24, 2.45) is 0 Å². The van der Waals surface area contributed by atoms with Gasteiger partial charge in [0.2, 0.25) is 0 Å². The van der Waals surface area contributed by atoms with E-state index in [0.29, 0.717) is 31.3 Å². The maximum absolute atomic E-state index is 12.1. The van der Waals surface area contributed by atoms with Crippen LogP contribution in [0.5, 0.6) is 0 Å². The number of nitrogens with one attached hydrogen (secondary N) is 1. The van der Waals surface area contributed by atoms with E-state index in [1.165, 1.54) is 25.1 Å². The van der Waals surface area contributed by atoms with Crippen molar-refractivity contribution < 1.29 is 23.9 Å². The van der Waals surface area contributed by atoms with Crippen LogP contribution in [0.2, 0.25) is 10.0 Å². The van der Waals surface area contributed by atoms with Gasteiger partial charge in [-0.15, -0.1) is 0 Å². The van der Waals surface area contributed by atoms with Crippen molar-refractivity contribution in [1.82, 2.24) is 10.2 Å². The van der Waals surface area contributed by atoms with E-state index in [1.54, 1.807) is 4.90 Å². The number of hydrogen-bond donors (Lipinski definition) is 1. The molecule has 7 nitrogen and oxygen atoms in total. The van der Waals surface area contributed by atoms with Crippen molar-refractivity contribution in [3.05, 3.63) is 33.8 Å². The molecule has 1 atom stereocenters. The Bertz CT molecular complexity index is 662. The van der Waals surface area contributed by atoms with Crippen LogP contribution < -0.4 is 5.32 Å². The lowest BCUT2D eigenvalue weighted by molar-refractivity contribution is -0.160. The first-order valence-corrected chi connectivity index (χ1v) is 8.43. The van der Waals surface area contributed by atoms with Crippen molar-refractivity contribution in [3.8, 4) is 0 Å². The Hall–Kier alpha value is -1.83. The molecule has 0 bridgehead atoms. The highest BCUT2D eigenvalue weighted by Crippen LogP contribution is 2.20. The Morgan fingerprint density at radius 2 is 1.96 bits per heavy atom. The molecule has 1 aliphatic rings. The van der Waals surface area contributed by atoms with Crippen LogP contribution in [0.3, 0.4) is 0 Å². The predicted octanol–water partition coefficient (Wildman–Crippen LogP) is 1.51. The number of carbonyl (C=O) groups is 3. The highest BCUT2D eigenvalue weighted by atomic mass is 35.5. The van der Waals surface area contributed by atoms with E-state index in [0.717, 1.165) is 0 Å². The molecule has 1 fully saturated rings. The second kappa shape index (κ2) is 9.03. The molecule has 9 heteroatoms. The SMILES string of the molecule is CC(OC(=O)CNC(=O)c1ccc(Cl)cc1Cl)C(=O)N1CCOCC1. The Kier molecular flexibility index (Phi) is 7.04. The Balaban J connectivity index is 1.81. The largest absolute Gasteiger partial charge is 0.451 e. The number of carbonyl (C=O) groups excluding carboxylic acids is 3. The molecule has 1 aromatic carbocycles. The molecule has 0 aromatic heterocycles. The van der Waals surface area contributed by atoms with Crippen LogP contribution >= 0.6 is 23.2 Å². The van der Waals surface area contributed by atoms with Crippen LogP contribution in [-0.4, -0.2) is 61.6 Å². The first-order chi connectivity index (χ1) is 11.9. The number of rotatable bonds is 5. The van der Waals surface area contributed by atoms with Gasteiger partial charge in [0.05, 0.1) is 23.8 Å². The van der Waals surface area contributed by atoms with Crippen molar-refractivity contribution in [2.75, 3.05) is 32.8 Å². The van der Waals surface area contributed by atoms with Crippen molar-refractivity contribution in [1.29, 1.82) is 0 Å². The molecule has 0 aliphatic carbocycles. The lowest BCUT2D eigenvalue weighted by atomic mass is 10.2. The third-order valence-electron chi connectivity index (χ3n) is 3.55. The number of hydrogen-bond acceptors (Lipinski definition) is 5. The molecule has 2 rings (SSSR count). The molecule has 1 N–H and O–H groups in total. The molecule has 1 saturated heterocycles. The summed E-state index contributed by atoms with van der Waals surface area (Å²) in [7, 11) is 0. The topological polar surface area (TPSA) is 84.9 Å². The number of amides is 2. The first-order valence-electron chi connectivity index (χ1n) is 7.67. The minimum absolute atomic E-state index is 0.175. The standard InChI is InChI=1S/C16H18Cl2N2O5/c1-10(16(23)20-4-6-24-7-5-20)25-14(21)9-19-15(22)12-3-2-11(17)8-13(12)18/h2-3,8,10H,4-7,9H2,1H3,(H,19,22). The van der Waals surface area contributed by atoms with Gasteiger partial charge in [-0.25, -0.2) is 0 Å². The molecule has 0 spiro atoms. The molecule has 1 heterocycles. The minimum atomic E-state index is -0.929. The zero-order chi connectivity index (χ0) is 18.4. The maximum atomic E-state index is 12.1. The van der Waals surface area contributed by atoms with Gasteiger partial charge in [-0.1, -0.05) is 23.2 Å². The number of ether oxygens (including phenoxy) is 2. The monoisotopic (exact) mass is 388 g/mol. The van der Waals surface area contributed by atoms with E-state index < -0.39 is 18.0 Å². The van der Waals surface area contributed by atoms with Gasteiger partial charge in [0.1, 0.15) is 6.54 Å². The minimum Gasteiger partial charge on any atom is -0.451 e. The molecule has 2 amide bonds. The zero-order valence-corrected chi connectivity index (χ0v) is 15.1. The molecule has 0 radical (unpaired) electrons. The van der Waals surface area contributed by atoms with Crippen LogP contribution in [0.4, 0.5) is 0 Å². The summed E-state index contributed by atoms with van der Waals surface area (Å²) in [6.45, 7) is 2.97. The average molecular weight is 389 g/mol. The maximum Gasteiger partial charge on any atom is 0.326 e. The van der Waals surface area contributed by atoms with E-state index in [4.69, 9.17) is 32.7 Å². The van der Waals surface area contributed by atoms with Crippen LogP contribution in [-0.2, 0) is 19.1 Å². The summed E-state index contributed by atoms with van der Waals surface area (Å²) in [6.07, 6.45) is -0.929. The molecule has 136 valence electrons. The van der Waals surface area contributed by atoms with Gasteiger partial charge in [-0.05, 0) is 25.1 Å². The Morgan fingerprint density at radius 1 is 1.28 bits per heavy atom. The third-order valence-corrected chi connectivity index (χ3v) is 4.10. The van der Waals surface area contributed by atoms with Gasteiger partial charge >= 0.3 is 5.97 Å². The molecule has 1 unspecified atom stereocenters. The molecule has 1 aromatic rings. The smallest absolute Gasteiger partial charge is 0.326 e. The van der Waals surface area contributed by atoms with Crippen LogP contribution in [0.1, 0.15) is 17.3 Å². The van der Waals surface area contributed by atoms with Crippen molar-refractivity contribution in [2.45, 2.75) is 13.0 Å². The normalized spacial score (nSPS) is 15.4. The average Bonchev–Trinajstić information content (AvgIpc) is 2.59. The van der Waals surface area contributed by atoms with Gasteiger partial charge in [0.25, 0.3) is 11.8 Å². The van der Waals surface area contributed by atoms with Gasteiger partial charge in [0.15, 0.2) is 6.10 Å². The zero-order valence-electron chi connectivity index (χ0n) is 13.6. The molecule has 0 saturated carbocycles. The number of nitrogens with zero attached hydrogens (tertiary/aromatic N) is 1. The quantitative estimate of drug-likeness (QED) is 0.772. The second-order valence-electron chi connectivity index (χ2n) is 5.38. The van der Waals surface area contributed by atoms with E-state index in [-0.39, 0.29) is 23.0 Å². The van der Waals surface area contributed by atoms with E-state index in [9.17, 15) is 14.4 Å². The fraction of sp³-hybridized carbons (Fsp3) is 0.438. The van der Waals surface area contributed by atoms with Crippen molar-refractivity contribution in [3.63, 3.8) is 0 Å². The number of esters is 1. The summed E-state index contributed by atoms with van der Waals surface area (Å²) in [5.41, 5.74) is 0.191. The lowest BCUT2D eigenvalue weighted by Gasteiger charge is -2.28.